The Hall–Kier alpha value is -2.31. The van der Waals surface area contributed by atoms with Crippen LogP contribution in [0.5, 0.6) is 0 Å². The standard InChI is InChI=1S/C21H27N5O/c1-4-17(25-11-13-27-14-12-25)21-23-20(15(2)3)24-26(21)18-9-5-7-16-8-6-10-22-19(16)18/h5-10,15,17H,4,11-14H2,1-3H3/t17-/m1/s1. The maximum atomic E-state index is 5.55. The van der Waals surface area contributed by atoms with Crippen LogP contribution >= 0.6 is 0 Å². The molecular weight excluding hydrogens is 338 g/mol. The second-order valence-electron chi connectivity index (χ2n) is 7.32. The Balaban J connectivity index is 1.86. The van der Waals surface area contributed by atoms with Crippen LogP contribution in [0.25, 0.3) is 16.6 Å². The van der Waals surface area contributed by atoms with Crippen LogP contribution in [-0.2, 0) is 4.74 Å². The predicted molar refractivity (Wildman–Crippen MR) is 106 cm³/mol. The van der Waals surface area contributed by atoms with Crippen molar-refractivity contribution in [3.8, 4) is 5.69 Å². The smallest absolute Gasteiger partial charge is 0.153 e. The minimum atomic E-state index is 0.216. The molecule has 3 aromatic rings. The Kier molecular flexibility index (Phi) is 5.18. The van der Waals surface area contributed by atoms with Gasteiger partial charge in [0.2, 0.25) is 0 Å². The highest BCUT2D eigenvalue weighted by atomic mass is 16.5. The highest BCUT2D eigenvalue weighted by Gasteiger charge is 2.28. The van der Waals surface area contributed by atoms with Crippen LogP contribution in [0.15, 0.2) is 36.5 Å². The second kappa shape index (κ2) is 7.74. The molecule has 0 unspecified atom stereocenters. The average molecular weight is 365 g/mol. The number of morpholine rings is 1. The highest BCUT2D eigenvalue weighted by Crippen LogP contribution is 2.29. The van der Waals surface area contributed by atoms with E-state index in [4.69, 9.17) is 14.8 Å². The van der Waals surface area contributed by atoms with E-state index in [0.717, 1.165) is 61.0 Å². The molecule has 3 heterocycles. The van der Waals surface area contributed by atoms with Crippen LogP contribution in [0.4, 0.5) is 0 Å². The molecule has 0 saturated carbocycles. The van der Waals surface area contributed by atoms with Gasteiger partial charge in [0.15, 0.2) is 5.82 Å². The van der Waals surface area contributed by atoms with Crippen LogP contribution in [0.2, 0.25) is 0 Å². The van der Waals surface area contributed by atoms with E-state index in [1.54, 1.807) is 0 Å². The molecule has 1 fully saturated rings. The first-order chi connectivity index (χ1) is 13.2. The van der Waals surface area contributed by atoms with Crippen molar-refractivity contribution in [2.24, 2.45) is 0 Å². The molecule has 1 aromatic carbocycles. The van der Waals surface area contributed by atoms with Gasteiger partial charge in [-0.15, -0.1) is 0 Å². The van der Waals surface area contributed by atoms with Gasteiger partial charge in [0.25, 0.3) is 0 Å². The summed E-state index contributed by atoms with van der Waals surface area (Å²) in [5, 5.41) is 6.01. The van der Waals surface area contributed by atoms with Crippen molar-refractivity contribution >= 4 is 10.9 Å². The van der Waals surface area contributed by atoms with Gasteiger partial charge in [0.05, 0.1) is 30.5 Å². The lowest BCUT2D eigenvalue weighted by Gasteiger charge is -2.33. The first-order valence-electron chi connectivity index (χ1n) is 9.81. The first-order valence-corrected chi connectivity index (χ1v) is 9.81. The molecule has 27 heavy (non-hydrogen) atoms. The lowest BCUT2D eigenvalue weighted by Crippen LogP contribution is -2.39. The van der Waals surface area contributed by atoms with E-state index in [9.17, 15) is 0 Å². The Morgan fingerprint density at radius 1 is 1.11 bits per heavy atom. The van der Waals surface area contributed by atoms with Crippen LogP contribution in [-0.4, -0.2) is 51.0 Å². The maximum Gasteiger partial charge on any atom is 0.153 e. The molecule has 2 aromatic heterocycles. The Bertz CT molecular complexity index is 909. The van der Waals surface area contributed by atoms with Crippen molar-refractivity contribution in [3.05, 3.63) is 48.2 Å². The second-order valence-corrected chi connectivity index (χ2v) is 7.32. The summed E-state index contributed by atoms with van der Waals surface area (Å²) in [5.41, 5.74) is 1.95. The summed E-state index contributed by atoms with van der Waals surface area (Å²) in [4.78, 5) is 12.1. The minimum Gasteiger partial charge on any atom is -0.379 e. The molecule has 0 radical (unpaired) electrons. The summed E-state index contributed by atoms with van der Waals surface area (Å²) in [6, 6.07) is 10.5. The van der Waals surface area contributed by atoms with Gasteiger partial charge in [0, 0.05) is 30.6 Å². The molecule has 6 heteroatoms. The number of nitrogens with zero attached hydrogens (tertiary/aromatic N) is 5. The molecule has 1 aliphatic rings. The van der Waals surface area contributed by atoms with E-state index in [1.807, 2.05) is 16.9 Å². The quantitative estimate of drug-likeness (QED) is 0.690. The molecule has 0 spiro atoms. The van der Waals surface area contributed by atoms with E-state index in [0.29, 0.717) is 0 Å². The summed E-state index contributed by atoms with van der Waals surface area (Å²) in [6.45, 7) is 9.90. The number of rotatable bonds is 5. The summed E-state index contributed by atoms with van der Waals surface area (Å²) >= 11 is 0. The van der Waals surface area contributed by atoms with Crippen LogP contribution in [0.1, 0.15) is 50.8 Å². The normalized spacial score (nSPS) is 16.9. The number of pyridine rings is 1. The van der Waals surface area contributed by atoms with Gasteiger partial charge in [-0.25, -0.2) is 9.67 Å². The molecule has 6 nitrogen and oxygen atoms in total. The summed E-state index contributed by atoms with van der Waals surface area (Å²) in [5.74, 6) is 2.15. The fourth-order valence-electron chi connectivity index (χ4n) is 3.73. The van der Waals surface area contributed by atoms with Gasteiger partial charge in [0.1, 0.15) is 5.82 Å². The van der Waals surface area contributed by atoms with E-state index < -0.39 is 0 Å². The van der Waals surface area contributed by atoms with Crippen molar-refractivity contribution < 1.29 is 4.74 Å². The largest absolute Gasteiger partial charge is 0.379 e. The number of hydrogen-bond donors (Lipinski definition) is 0. The highest BCUT2D eigenvalue weighted by molar-refractivity contribution is 5.86. The topological polar surface area (TPSA) is 56.1 Å². The Morgan fingerprint density at radius 3 is 2.63 bits per heavy atom. The first kappa shape index (κ1) is 18.1. The van der Waals surface area contributed by atoms with Crippen molar-refractivity contribution in [2.75, 3.05) is 26.3 Å². The lowest BCUT2D eigenvalue weighted by atomic mass is 10.1. The zero-order chi connectivity index (χ0) is 18.8. The van der Waals surface area contributed by atoms with Gasteiger partial charge in [-0.05, 0) is 18.6 Å². The summed E-state index contributed by atoms with van der Waals surface area (Å²) < 4.78 is 7.57. The van der Waals surface area contributed by atoms with E-state index in [2.05, 4.69) is 54.9 Å². The predicted octanol–water partition coefficient (Wildman–Crippen LogP) is 3.72. The Morgan fingerprint density at radius 2 is 1.89 bits per heavy atom. The molecule has 1 atom stereocenters. The maximum absolute atomic E-state index is 5.55. The summed E-state index contributed by atoms with van der Waals surface area (Å²) in [7, 11) is 0. The fraction of sp³-hybridized carbons (Fsp3) is 0.476. The lowest BCUT2D eigenvalue weighted by molar-refractivity contribution is 0.0129. The van der Waals surface area contributed by atoms with Gasteiger partial charge < -0.3 is 4.74 Å². The molecule has 142 valence electrons. The van der Waals surface area contributed by atoms with Gasteiger partial charge in [-0.1, -0.05) is 39.0 Å². The van der Waals surface area contributed by atoms with Crippen LogP contribution < -0.4 is 0 Å². The number of benzene rings is 1. The van der Waals surface area contributed by atoms with Gasteiger partial charge in [-0.2, -0.15) is 5.10 Å². The summed E-state index contributed by atoms with van der Waals surface area (Å²) in [6.07, 6.45) is 2.82. The van der Waals surface area contributed by atoms with Crippen molar-refractivity contribution in [1.29, 1.82) is 0 Å². The molecule has 0 N–H and O–H groups in total. The number of aromatic nitrogens is 4. The number of para-hydroxylation sites is 1. The zero-order valence-electron chi connectivity index (χ0n) is 16.3. The van der Waals surface area contributed by atoms with E-state index >= 15 is 0 Å². The number of ether oxygens (including phenoxy) is 1. The van der Waals surface area contributed by atoms with Gasteiger partial charge in [-0.3, -0.25) is 9.88 Å². The van der Waals surface area contributed by atoms with Crippen molar-refractivity contribution in [1.82, 2.24) is 24.6 Å². The molecule has 4 rings (SSSR count). The van der Waals surface area contributed by atoms with E-state index in [-0.39, 0.29) is 12.0 Å². The number of fused-ring (bicyclic) bond motifs is 1. The molecule has 1 saturated heterocycles. The van der Waals surface area contributed by atoms with Crippen molar-refractivity contribution in [3.63, 3.8) is 0 Å². The Labute approximate surface area is 160 Å². The monoisotopic (exact) mass is 365 g/mol. The minimum absolute atomic E-state index is 0.216. The molecule has 1 aliphatic heterocycles. The van der Waals surface area contributed by atoms with Crippen LogP contribution in [0, 0.1) is 0 Å². The third-order valence-electron chi connectivity index (χ3n) is 5.18. The van der Waals surface area contributed by atoms with Crippen LogP contribution in [0.3, 0.4) is 0 Å². The third kappa shape index (κ3) is 3.47. The third-order valence-corrected chi connectivity index (χ3v) is 5.18. The molecule has 0 amide bonds. The SMILES string of the molecule is CC[C@H](c1nc(C(C)C)nn1-c1cccc2cccnc12)N1CCOCC1. The zero-order valence-corrected chi connectivity index (χ0v) is 16.3. The molecule has 0 aliphatic carbocycles. The molecular formula is C21H27N5O. The van der Waals surface area contributed by atoms with Gasteiger partial charge >= 0.3 is 0 Å². The fourth-order valence-corrected chi connectivity index (χ4v) is 3.73. The van der Waals surface area contributed by atoms with Crippen molar-refractivity contribution in [2.45, 2.75) is 39.2 Å². The average Bonchev–Trinajstić information content (AvgIpc) is 3.14. The number of hydrogen-bond acceptors (Lipinski definition) is 5. The molecule has 0 bridgehead atoms. The van der Waals surface area contributed by atoms with E-state index in [1.165, 1.54) is 0 Å².